The maximum Gasteiger partial charge on any atom is 0.274 e. The Bertz CT molecular complexity index is 691. The van der Waals surface area contributed by atoms with Crippen molar-refractivity contribution in [1.29, 1.82) is 0 Å². The Kier molecular flexibility index (Phi) is 5.08. The molecule has 0 aliphatic carbocycles. The Morgan fingerprint density at radius 1 is 1.21 bits per heavy atom. The van der Waals surface area contributed by atoms with Crippen molar-refractivity contribution in [3.8, 4) is 0 Å². The monoisotopic (exact) mass is 324 g/mol. The molecule has 1 aromatic carbocycles. The van der Waals surface area contributed by atoms with E-state index < -0.39 is 0 Å². The number of aryl methyl sites for hydroxylation is 1. The van der Waals surface area contributed by atoms with Crippen LogP contribution in [0.25, 0.3) is 0 Å². The fourth-order valence-corrected chi connectivity index (χ4v) is 2.90. The normalized spacial score (nSPS) is 15.3. The van der Waals surface area contributed by atoms with Crippen LogP contribution in [-0.2, 0) is 6.54 Å². The van der Waals surface area contributed by atoms with Gasteiger partial charge in [0.05, 0.1) is 12.4 Å². The zero-order chi connectivity index (χ0) is 16.9. The van der Waals surface area contributed by atoms with Gasteiger partial charge < -0.3 is 10.2 Å². The van der Waals surface area contributed by atoms with Crippen molar-refractivity contribution < 1.29 is 4.79 Å². The number of nitrogens with zero attached hydrogens (tertiary/aromatic N) is 3. The molecule has 0 atom stereocenters. The van der Waals surface area contributed by atoms with Crippen LogP contribution in [0, 0.1) is 12.8 Å². The van der Waals surface area contributed by atoms with E-state index in [1.807, 2.05) is 17.0 Å². The lowest BCUT2D eigenvalue weighted by Crippen LogP contribution is -2.38. The number of benzene rings is 1. The summed E-state index contributed by atoms with van der Waals surface area (Å²) in [5.74, 6) is 1.37. The molecule has 0 unspecified atom stereocenters. The largest absolute Gasteiger partial charge is 0.365 e. The predicted molar refractivity (Wildman–Crippen MR) is 94.8 cm³/mol. The Labute approximate surface area is 143 Å². The molecule has 0 bridgehead atoms. The van der Waals surface area contributed by atoms with Gasteiger partial charge >= 0.3 is 0 Å². The number of hydrogen-bond donors (Lipinski definition) is 1. The summed E-state index contributed by atoms with van der Waals surface area (Å²) < 4.78 is 0. The third-order valence-electron chi connectivity index (χ3n) is 4.66. The standard InChI is InChI=1S/C19H24N4O/c1-14-7-9-23(10-8-14)19(24)17-12-22-18(13-20-17)21-11-16-6-4-3-5-15(16)2/h3-6,12-14H,7-11H2,1-2H3,(H,21,22). The van der Waals surface area contributed by atoms with Gasteiger partial charge in [0.1, 0.15) is 11.5 Å². The molecule has 2 heterocycles. The summed E-state index contributed by atoms with van der Waals surface area (Å²) in [6.07, 6.45) is 5.34. The van der Waals surface area contributed by atoms with Gasteiger partial charge in [-0.25, -0.2) is 9.97 Å². The summed E-state index contributed by atoms with van der Waals surface area (Å²) >= 11 is 0. The first-order valence-corrected chi connectivity index (χ1v) is 8.53. The SMILES string of the molecule is Cc1ccccc1CNc1cnc(C(=O)N2CCC(C)CC2)cn1. The van der Waals surface area contributed by atoms with Gasteiger partial charge in [-0.15, -0.1) is 0 Å². The molecule has 1 saturated heterocycles. The second-order valence-electron chi connectivity index (χ2n) is 6.54. The average molecular weight is 324 g/mol. The summed E-state index contributed by atoms with van der Waals surface area (Å²) in [5, 5.41) is 3.25. The van der Waals surface area contributed by atoms with Crippen LogP contribution in [0.15, 0.2) is 36.7 Å². The van der Waals surface area contributed by atoms with Gasteiger partial charge in [-0.05, 0) is 36.8 Å². The third-order valence-corrected chi connectivity index (χ3v) is 4.66. The van der Waals surface area contributed by atoms with E-state index in [1.54, 1.807) is 12.4 Å². The molecule has 1 aliphatic heterocycles. The Hall–Kier alpha value is -2.43. The minimum atomic E-state index is -0.0140. The molecule has 126 valence electrons. The van der Waals surface area contributed by atoms with Crippen LogP contribution in [0.3, 0.4) is 0 Å². The first-order valence-electron chi connectivity index (χ1n) is 8.53. The molecule has 1 N–H and O–H groups in total. The molecule has 1 amide bonds. The van der Waals surface area contributed by atoms with Crippen LogP contribution in [0.2, 0.25) is 0 Å². The van der Waals surface area contributed by atoms with Crippen molar-refractivity contribution in [1.82, 2.24) is 14.9 Å². The molecule has 0 saturated carbocycles. The number of anilines is 1. The number of carbonyl (C=O) groups excluding carboxylic acids is 1. The van der Waals surface area contributed by atoms with Crippen LogP contribution in [0.5, 0.6) is 0 Å². The van der Waals surface area contributed by atoms with Crippen molar-refractivity contribution in [3.05, 3.63) is 53.5 Å². The highest BCUT2D eigenvalue weighted by atomic mass is 16.2. The number of hydrogen-bond acceptors (Lipinski definition) is 4. The van der Waals surface area contributed by atoms with E-state index in [0.29, 0.717) is 24.0 Å². The quantitative estimate of drug-likeness (QED) is 0.938. The van der Waals surface area contributed by atoms with Gasteiger partial charge in [0.15, 0.2) is 0 Å². The lowest BCUT2D eigenvalue weighted by atomic mass is 9.99. The van der Waals surface area contributed by atoms with E-state index in [2.05, 4.69) is 41.3 Å². The fourth-order valence-electron chi connectivity index (χ4n) is 2.90. The second kappa shape index (κ2) is 7.43. The summed E-state index contributed by atoms with van der Waals surface area (Å²) in [7, 11) is 0. The Morgan fingerprint density at radius 2 is 1.96 bits per heavy atom. The lowest BCUT2D eigenvalue weighted by molar-refractivity contribution is 0.0691. The van der Waals surface area contributed by atoms with Crippen LogP contribution < -0.4 is 5.32 Å². The van der Waals surface area contributed by atoms with E-state index >= 15 is 0 Å². The van der Waals surface area contributed by atoms with Gasteiger partial charge in [0, 0.05) is 19.6 Å². The summed E-state index contributed by atoms with van der Waals surface area (Å²) in [6, 6.07) is 8.23. The van der Waals surface area contributed by atoms with Crippen molar-refractivity contribution in [2.75, 3.05) is 18.4 Å². The van der Waals surface area contributed by atoms with E-state index in [4.69, 9.17) is 0 Å². The molecule has 1 fully saturated rings. The van der Waals surface area contributed by atoms with Crippen molar-refractivity contribution in [2.45, 2.75) is 33.2 Å². The van der Waals surface area contributed by atoms with Gasteiger partial charge in [0.25, 0.3) is 5.91 Å². The molecular formula is C19H24N4O. The first-order chi connectivity index (χ1) is 11.6. The Morgan fingerprint density at radius 3 is 2.62 bits per heavy atom. The highest BCUT2D eigenvalue weighted by Crippen LogP contribution is 2.17. The van der Waals surface area contributed by atoms with E-state index in [-0.39, 0.29) is 5.91 Å². The number of piperidine rings is 1. The van der Waals surface area contributed by atoms with Crippen molar-refractivity contribution in [3.63, 3.8) is 0 Å². The van der Waals surface area contributed by atoms with Gasteiger partial charge in [-0.3, -0.25) is 4.79 Å². The molecule has 24 heavy (non-hydrogen) atoms. The smallest absolute Gasteiger partial charge is 0.274 e. The average Bonchev–Trinajstić information content (AvgIpc) is 2.62. The van der Waals surface area contributed by atoms with E-state index in [0.717, 1.165) is 25.9 Å². The summed E-state index contributed by atoms with van der Waals surface area (Å²) in [6.45, 7) is 6.64. The molecule has 0 spiro atoms. The number of rotatable bonds is 4. The molecule has 1 aromatic heterocycles. The minimum Gasteiger partial charge on any atom is -0.365 e. The second-order valence-corrected chi connectivity index (χ2v) is 6.54. The topological polar surface area (TPSA) is 58.1 Å². The van der Waals surface area contributed by atoms with Gasteiger partial charge in [-0.1, -0.05) is 31.2 Å². The predicted octanol–water partition coefficient (Wildman–Crippen LogP) is 3.27. The number of nitrogens with one attached hydrogen (secondary N) is 1. The zero-order valence-corrected chi connectivity index (χ0v) is 14.3. The van der Waals surface area contributed by atoms with Crippen LogP contribution in [0.1, 0.15) is 41.4 Å². The molecule has 2 aromatic rings. The van der Waals surface area contributed by atoms with Crippen molar-refractivity contribution >= 4 is 11.7 Å². The number of carbonyl (C=O) groups is 1. The maximum absolute atomic E-state index is 12.4. The van der Waals surface area contributed by atoms with Crippen LogP contribution in [-0.4, -0.2) is 33.9 Å². The highest BCUT2D eigenvalue weighted by molar-refractivity contribution is 5.92. The van der Waals surface area contributed by atoms with Gasteiger partial charge in [-0.2, -0.15) is 0 Å². The zero-order valence-electron chi connectivity index (χ0n) is 14.3. The van der Waals surface area contributed by atoms with Crippen LogP contribution >= 0.6 is 0 Å². The summed E-state index contributed by atoms with van der Waals surface area (Å²) in [5.41, 5.74) is 2.89. The molecular weight excluding hydrogens is 300 g/mol. The Balaban J connectivity index is 1.59. The fraction of sp³-hybridized carbons (Fsp3) is 0.421. The number of likely N-dealkylation sites (tertiary alicyclic amines) is 1. The van der Waals surface area contributed by atoms with E-state index in [9.17, 15) is 4.79 Å². The van der Waals surface area contributed by atoms with Crippen molar-refractivity contribution in [2.24, 2.45) is 5.92 Å². The minimum absolute atomic E-state index is 0.0140. The molecule has 1 aliphatic rings. The summed E-state index contributed by atoms with van der Waals surface area (Å²) in [4.78, 5) is 22.9. The van der Waals surface area contributed by atoms with Gasteiger partial charge in [0.2, 0.25) is 0 Å². The maximum atomic E-state index is 12.4. The number of aromatic nitrogens is 2. The molecule has 5 nitrogen and oxygen atoms in total. The first kappa shape index (κ1) is 16.4. The third kappa shape index (κ3) is 3.91. The highest BCUT2D eigenvalue weighted by Gasteiger charge is 2.22. The van der Waals surface area contributed by atoms with Crippen LogP contribution in [0.4, 0.5) is 5.82 Å². The molecule has 3 rings (SSSR count). The molecule has 5 heteroatoms. The molecule has 0 radical (unpaired) electrons. The lowest BCUT2D eigenvalue weighted by Gasteiger charge is -2.29. The number of amides is 1. The van der Waals surface area contributed by atoms with E-state index in [1.165, 1.54) is 11.1 Å².